The van der Waals surface area contributed by atoms with Gasteiger partial charge < -0.3 is 5.11 Å². The molecule has 21 heavy (non-hydrogen) atoms. The van der Waals surface area contributed by atoms with Crippen molar-refractivity contribution >= 4 is 0 Å². The second-order valence-corrected chi connectivity index (χ2v) is 7.67. The highest BCUT2D eigenvalue weighted by atomic mass is 16.3. The van der Waals surface area contributed by atoms with Crippen molar-refractivity contribution in [3.05, 3.63) is 29.3 Å². The molecule has 2 saturated carbocycles. The molecular weight excluding hydrogens is 258 g/mol. The van der Waals surface area contributed by atoms with E-state index in [-0.39, 0.29) is 0 Å². The van der Waals surface area contributed by atoms with Gasteiger partial charge in [-0.3, -0.25) is 4.90 Å². The molecule has 2 heteroatoms. The number of aryl methyl sites for hydroxylation is 1. The number of fused-ring (bicyclic) bond motifs is 3. The minimum Gasteiger partial charge on any atom is -0.508 e. The van der Waals surface area contributed by atoms with Crippen molar-refractivity contribution in [1.29, 1.82) is 0 Å². The number of rotatable bonds is 3. The molecule has 0 aromatic heterocycles. The maximum atomic E-state index is 9.84. The first kappa shape index (κ1) is 13.6. The maximum Gasteiger partial charge on any atom is 0.115 e. The first-order valence-corrected chi connectivity index (χ1v) is 8.72. The minimum absolute atomic E-state index is 0.425. The fourth-order valence-electron chi connectivity index (χ4n) is 5.32. The van der Waals surface area contributed by atoms with Gasteiger partial charge in [0.25, 0.3) is 0 Å². The van der Waals surface area contributed by atoms with E-state index in [1.165, 1.54) is 62.6 Å². The predicted molar refractivity (Wildman–Crippen MR) is 85.4 cm³/mol. The summed E-state index contributed by atoms with van der Waals surface area (Å²) in [6, 6.07) is 6.50. The van der Waals surface area contributed by atoms with Gasteiger partial charge in [-0.25, -0.2) is 0 Å². The van der Waals surface area contributed by atoms with Crippen molar-refractivity contribution in [3.63, 3.8) is 0 Å². The fraction of sp³-hybridized carbons (Fsp3) is 0.684. The van der Waals surface area contributed by atoms with Gasteiger partial charge in [0.05, 0.1) is 0 Å². The van der Waals surface area contributed by atoms with E-state index >= 15 is 0 Å². The van der Waals surface area contributed by atoms with E-state index in [0.717, 1.165) is 17.8 Å². The Balaban J connectivity index is 1.50. The molecule has 114 valence electrons. The summed E-state index contributed by atoms with van der Waals surface area (Å²) in [5.74, 6) is 3.39. The third-order valence-electron chi connectivity index (χ3n) is 6.35. The molecule has 0 radical (unpaired) electrons. The van der Waals surface area contributed by atoms with Gasteiger partial charge in [-0.1, -0.05) is 12.5 Å². The van der Waals surface area contributed by atoms with Crippen LogP contribution in [0.5, 0.6) is 5.75 Å². The summed E-state index contributed by atoms with van der Waals surface area (Å²) < 4.78 is 0. The molecule has 0 aliphatic heterocycles. The van der Waals surface area contributed by atoms with Gasteiger partial charge in [0, 0.05) is 12.6 Å². The van der Waals surface area contributed by atoms with Gasteiger partial charge in [0.2, 0.25) is 0 Å². The normalized spacial score (nSPS) is 34.4. The van der Waals surface area contributed by atoms with E-state index in [4.69, 9.17) is 0 Å². The monoisotopic (exact) mass is 285 g/mol. The summed E-state index contributed by atoms with van der Waals surface area (Å²) in [5, 5.41) is 9.84. The summed E-state index contributed by atoms with van der Waals surface area (Å²) in [6.45, 7) is 1.25. The summed E-state index contributed by atoms with van der Waals surface area (Å²) in [5.41, 5.74) is 2.83. The molecule has 4 atom stereocenters. The number of hydrogen-bond donors (Lipinski definition) is 1. The molecule has 4 rings (SSSR count). The minimum atomic E-state index is 0.425. The summed E-state index contributed by atoms with van der Waals surface area (Å²) in [4.78, 5) is 2.59. The third kappa shape index (κ3) is 2.48. The van der Waals surface area contributed by atoms with E-state index in [9.17, 15) is 5.11 Å². The van der Waals surface area contributed by atoms with Gasteiger partial charge in [-0.15, -0.1) is 0 Å². The van der Waals surface area contributed by atoms with Crippen LogP contribution >= 0.6 is 0 Å². The van der Waals surface area contributed by atoms with Crippen LogP contribution in [0.3, 0.4) is 0 Å². The molecule has 2 fully saturated rings. The Morgan fingerprint density at radius 3 is 2.86 bits per heavy atom. The average Bonchev–Trinajstić information content (AvgIpc) is 3.09. The van der Waals surface area contributed by atoms with Gasteiger partial charge in [-0.2, -0.15) is 0 Å². The van der Waals surface area contributed by atoms with E-state index in [1.807, 2.05) is 12.1 Å². The molecule has 3 aliphatic rings. The average molecular weight is 285 g/mol. The van der Waals surface area contributed by atoms with Crippen LogP contribution in [0.15, 0.2) is 18.2 Å². The summed E-state index contributed by atoms with van der Waals surface area (Å²) in [7, 11) is 2.30. The van der Waals surface area contributed by atoms with Crippen LogP contribution in [0.1, 0.15) is 55.7 Å². The summed E-state index contributed by atoms with van der Waals surface area (Å²) in [6.07, 6.45) is 9.64. The van der Waals surface area contributed by atoms with Crippen LogP contribution in [-0.4, -0.2) is 23.6 Å². The lowest BCUT2D eigenvalue weighted by molar-refractivity contribution is 0.160. The molecule has 1 aromatic carbocycles. The topological polar surface area (TPSA) is 23.5 Å². The van der Waals surface area contributed by atoms with Crippen molar-refractivity contribution in [2.75, 3.05) is 13.6 Å². The molecule has 0 heterocycles. The van der Waals surface area contributed by atoms with E-state index < -0.39 is 0 Å². The van der Waals surface area contributed by atoms with Crippen molar-refractivity contribution < 1.29 is 5.11 Å². The van der Waals surface area contributed by atoms with Crippen LogP contribution in [0.4, 0.5) is 0 Å². The molecule has 0 spiro atoms. The number of aromatic hydroxyl groups is 1. The molecule has 4 unspecified atom stereocenters. The third-order valence-corrected chi connectivity index (χ3v) is 6.35. The zero-order chi connectivity index (χ0) is 14.4. The van der Waals surface area contributed by atoms with Gasteiger partial charge in [0.15, 0.2) is 0 Å². The zero-order valence-corrected chi connectivity index (χ0v) is 13.1. The SMILES string of the molecule is CN(CC1CC2CCC1C2)C1CCCc2ccc(O)cc21. The van der Waals surface area contributed by atoms with Crippen molar-refractivity contribution in [2.45, 2.75) is 51.0 Å². The summed E-state index contributed by atoms with van der Waals surface area (Å²) >= 11 is 0. The predicted octanol–water partition coefficient (Wildman–Crippen LogP) is 4.14. The Labute approximate surface area is 128 Å². The van der Waals surface area contributed by atoms with Crippen molar-refractivity contribution in [2.24, 2.45) is 17.8 Å². The number of nitrogens with zero attached hydrogens (tertiary/aromatic N) is 1. The Morgan fingerprint density at radius 1 is 1.19 bits per heavy atom. The standard InChI is InChI=1S/C19H27NO/c1-20(12-16-10-13-5-6-15(16)9-13)19-4-2-3-14-7-8-17(21)11-18(14)19/h7-8,11,13,15-16,19,21H,2-6,9-10,12H2,1H3. The first-order valence-electron chi connectivity index (χ1n) is 8.72. The number of hydrogen-bond acceptors (Lipinski definition) is 2. The van der Waals surface area contributed by atoms with Crippen LogP contribution in [0, 0.1) is 17.8 Å². The molecule has 0 saturated heterocycles. The highest BCUT2D eigenvalue weighted by molar-refractivity contribution is 5.38. The first-order chi connectivity index (χ1) is 10.2. The van der Waals surface area contributed by atoms with Gasteiger partial charge in [-0.05, 0) is 86.6 Å². The van der Waals surface area contributed by atoms with Gasteiger partial charge in [0.1, 0.15) is 5.75 Å². The van der Waals surface area contributed by atoms with Crippen LogP contribution in [-0.2, 0) is 6.42 Å². The van der Waals surface area contributed by atoms with E-state index in [0.29, 0.717) is 11.8 Å². The highest BCUT2D eigenvalue weighted by Crippen LogP contribution is 2.49. The molecule has 2 nitrogen and oxygen atoms in total. The maximum absolute atomic E-state index is 9.84. The fourth-order valence-corrected chi connectivity index (χ4v) is 5.32. The Bertz CT molecular complexity index is 526. The molecule has 1 N–H and O–H groups in total. The number of phenols is 1. The van der Waals surface area contributed by atoms with Crippen LogP contribution in [0.2, 0.25) is 0 Å². The Kier molecular flexibility index (Phi) is 3.45. The number of benzene rings is 1. The van der Waals surface area contributed by atoms with Crippen molar-refractivity contribution in [3.8, 4) is 5.75 Å². The molecule has 1 aromatic rings. The highest BCUT2D eigenvalue weighted by Gasteiger charge is 2.40. The molecule has 3 aliphatic carbocycles. The Morgan fingerprint density at radius 2 is 2.10 bits per heavy atom. The molecule has 2 bridgehead atoms. The van der Waals surface area contributed by atoms with Gasteiger partial charge >= 0.3 is 0 Å². The van der Waals surface area contributed by atoms with E-state index in [1.54, 1.807) is 0 Å². The largest absolute Gasteiger partial charge is 0.508 e. The quantitative estimate of drug-likeness (QED) is 0.902. The van der Waals surface area contributed by atoms with Crippen molar-refractivity contribution in [1.82, 2.24) is 4.90 Å². The Hall–Kier alpha value is -1.02. The van der Waals surface area contributed by atoms with Crippen LogP contribution in [0.25, 0.3) is 0 Å². The lowest BCUT2D eigenvalue weighted by Gasteiger charge is -2.36. The second-order valence-electron chi connectivity index (χ2n) is 7.67. The van der Waals surface area contributed by atoms with Crippen LogP contribution < -0.4 is 0 Å². The second kappa shape index (κ2) is 5.31. The number of phenolic OH excluding ortho intramolecular Hbond substituents is 1. The lowest BCUT2D eigenvalue weighted by Crippen LogP contribution is -2.33. The molecular formula is C19H27NO. The van der Waals surface area contributed by atoms with E-state index in [2.05, 4.69) is 18.0 Å². The zero-order valence-electron chi connectivity index (χ0n) is 13.1. The smallest absolute Gasteiger partial charge is 0.115 e. The lowest BCUT2D eigenvalue weighted by atomic mass is 9.84. The molecule has 0 amide bonds.